The van der Waals surface area contributed by atoms with Gasteiger partial charge in [-0.25, -0.2) is 0 Å². The van der Waals surface area contributed by atoms with Gasteiger partial charge < -0.3 is 9.32 Å². The predicted octanol–water partition coefficient (Wildman–Crippen LogP) is 17.2. The Hall–Kier alpha value is -8.20. The lowest BCUT2D eigenvalue weighted by Crippen LogP contribution is -2.09. The van der Waals surface area contributed by atoms with Crippen LogP contribution in [0, 0.1) is 0 Å². The summed E-state index contributed by atoms with van der Waals surface area (Å²) in [5.41, 5.74) is 14.6. The summed E-state index contributed by atoms with van der Waals surface area (Å²) in [7, 11) is 0. The molecule has 0 N–H and O–H groups in total. The highest BCUT2D eigenvalue weighted by atomic mass is 16.3. The van der Waals surface area contributed by atoms with Crippen molar-refractivity contribution in [2.45, 2.75) is 0 Å². The first-order chi connectivity index (χ1) is 30.7. The van der Waals surface area contributed by atoms with Gasteiger partial charge >= 0.3 is 0 Å². The first-order valence-electron chi connectivity index (χ1n) is 21.2. The summed E-state index contributed by atoms with van der Waals surface area (Å²) in [6.45, 7) is 0. The molecule has 0 fully saturated rings. The highest BCUT2D eigenvalue weighted by molar-refractivity contribution is 6.19. The Morgan fingerprint density at radius 2 is 0.645 bits per heavy atom. The molecule has 0 atom stereocenters. The van der Waals surface area contributed by atoms with Crippen LogP contribution >= 0.6 is 0 Å². The van der Waals surface area contributed by atoms with E-state index in [0.29, 0.717) is 0 Å². The smallest absolute Gasteiger partial charge is 0.143 e. The first-order valence-corrected chi connectivity index (χ1v) is 21.2. The van der Waals surface area contributed by atoms with Crippen LogP contribution in [0.2, 0.25) is 0 Å². The fourth-order valence-corrected chi connectivity index (χ4v) is 9.42. The molecule has 2 nitrogen and oxygen atoms in total. The van der Waals surface area contributed by atoms with Gasteiger partial charge in [-0.1, -0.05) is 188 Å². The zero-order valence-electron chi connectivity index (χ0n) is 33.9. The molecule has 290 valence electrons. The molecule has 0 aliphatic heterocycles. The zero-order chi connectivity index (χ0) is 41.0. The van der Waals surface area contributed by atoms with Gasteiger partial charge in [0.05, 0.1) is 0 Å². The Labute approximate surface area is 360 Å². The Kier molecular flexibility index (Phi) is 8.53. The van der Waals surface area contributed by atoms with Crippen LogP contribution in [0.1, 0.15) is 0 Å². The molecular formula is C60H39NO. The Morgan fingerprint density at radius 3 is 1.19 bits per heavy atom. The van der Waals surface area contributed by atoms with Gasteiger partial charge in [-0.3, -0.25) is 0 Å². The van der Waals surface area contributed by atoms with Gasteiger partial charge in [-0.15, -0.1) is 0 Å². The summed E-state index contributed by atoms with van der Waals surface area (Å²) in [5, 5.41) is 9.61. The molecule has 62 heavy (non-hydrogen) atoms. The van der Waals surface area contributed by atoms with Crippen molar-refractivity contribution in [3.05, 3.63) is 237 Å². The van der Waals surface area contributed by atoms with Crippen LogP contribution in [0.25, 0.3) is 98.8 Å². The number of furan rings is 1. The minimum Gasteiger partial charge on any atom is -0.455 e. The van der Waals surface area contributed by atoms with Crippen LogP contribution in [0.5, 0.6) is 0 Å². The van der Waals surface area contributed by atoms with E-state index in [2.05, 4.69) is 241 Å². The number of benzene rings is 11. The number of hydrogen-bond donors (Lipinski definition) is 0. The second-order valence-electron chi connectivity index (χ2n) is 16.1. The highest BCUT2D eigenvalue weighted by Gasteiger charge is 2.17. The van der Waals surface area contributed by atoms with Gasteiger partial charge in [0.15, 0.2) is 0 Å². The SMILES string of the molecule is c1ccc2c(-c3ccc(-c4ccc(N(c5ccc(-c6cccc7ccccc67)cc5)c5ccc(-c6cccc7oc8c9ccccc9ccc8c67)cc5)cc4)cc3)cccc2c1. The average molecular weight is 790 g/mol. The molecule has 0 saturated heterocycles. The van der Waals surface area contributed by atoms with Crippen molar-refractivity contribution in [3.63, 3.8) is 0 Å². The van der Waals surface area contributed by atoms with E-state index in [4.69, 9.17) is 4.42 Å². The third kappa shape index (κ3) is 6.12. The number of anilines is 3. The van der Waals surface area contributed by atoms with Gasteiger partial charge in [-0.2, -0.15) is 0 Å². The molecule has 0 radical (unpaired) electrons. The number of rotatable bonds is 7. The van der Waals surface area contributed by atoms with Gasteiger partial charge in [0.2, 0.25) is 0 Å². The lowest BCUT2D eigenvalue weighted by molar-refractivity contribution is 0.673. The summed E-state index contributed by atoms with van der Waals surface area (Å²) in [6.07, 6.45) is 0. The molecule has 0 aliphatic rings. The van der Waals surface area contributed by atoms with Crippen molar-refractivity contribution in [1.29, 1.82) is 0 Å². The van der Waals surface area contributed by atoms with E-state index in [0.717, 1.165) is 55.5 Å². The number of fused-ring (bicyclic) bond motifs is 7. The molecule has 0 unspecified atom stereocenters. The zero-order valence-corrected chi connectivity index (χ0v) is 33.9. The normalized spacial score (nSPS) is 11.5. The summed E-state index contributed by atoms with van der Waals surface area (Å²) in [5.74, 6) is 0. The van der Waals surface area contributed by atoms with E-state index in [1.54, 1.807) is 0 Å². The average Bonchev–Trinajstić information content (AvgIpc) is 3.74. The Bertz CT molecular complexity index is 3590. The summed E-state index contributed by atoms with van der Waals surface area (Å²) in [6, 6.07) is 85.4. The van der Waals surface area contributed by atoms with Gasteiger partial charge in [0.25, 0.3) is 0 Å². The first kappa shape index (κ1) is 35.7. The maximum Gasteiger partial charge on any atom is 0.143 e. The second kappa shape index (κ2) is 14.8. The molecule has 1 aromatic heterocycles. The van der Waals surface area contributed by atoms with Crippen molar-refractivity contribution < 1.29 is 4.42 Å². The van der Waals surface area contributed by atoms with Crippen LogP contribution in [-0.2, 0) is 0 Å². The summed E-state index contributed by atoms with van der Waals surface area (Å²) in [4.78, 5) is 2.35. The molecule has 0 aliphatic carbocycles. The van der Waals surface area contributed by atoms with Crippen LogP contribution in [0.4, 0.5) is 17.1 Å². The van der Waals surface area contributed by atoms with Crippen LogP contribution in [0.15, 0.2) is 241 Å². The van der Waals surface area contributed by atoms with E-state index in [1.165, 1.54) is 60.3 Å². The molecule has 12 rings (SSSR count). The molecule has 0 bridgehead atoms. The minimum atomic E-state index is 0.897. The number of hydrogen-bond acceptors (Lipinski definition) is 2. The summed E-state index contributed by atoms with van der Waals surface area (Å²) < 4.78 is 6.55. The lowest BCUT2D eigenvalue weighted by atomic mass is 9.96. The molecule has 12 aromatic rings. The third-order valence-corrected chi connectivity index (χ3v) is 12.5. The Balaban J connectivity index is 0.919. The van der Waals surface area contributed by atoms with Crippen molar-refractivity contribution in [1.82, 2.24) is 0 Å². The molecule has 0 spiro atoms. The van der Waals surface area contributed by atoms with Crippen LogP contribution in [0.3, 0.4) is 0 Å². The highest BCUT2D eigenvalue weighted by Crippen LogP contribution is 2.42. The molecule has 0 saturated carbocycles. The largest absolute Gasteiger partial charge is 0.455 e. The maximum atomic E-state index is 6.55. The van der Waals surface area contributed by atoms with Crippen LogP contribution < -0.4 is 4.90 Å². The van der Waals surface area contributed by atoms with E-state index < -0.39 is 0 Å². The van der Waals surface area contributed by atoms with Crippen molar-refractivity contribution in [2.75, 3.05) is 4.90 Å². The molecule has 1 heterocycles. The van der Waals surface area contributed by atoms with Gasteiger partial charge in [0.1, 0.15) is 11.2 Å². The topological polar surface area (TPSA) is 16.4 Å². The van der Waals surface area contributed by atoms with E-state index >= 15 is 0 Å². The van der Waals surface area contributed by atoms with Crippen molar-refractivity contribution >= 4 is 71.3 Å². The van der Waals surface area contributed by atoms with Gasteiger partial charge in [-0.05, 0) is 120 Å². The minimum absolute atomic E-state index is 0.897. The van der Waals surface area contributed by atoms with Crippen molar-refractivity contribution in [3.8, 4) is 44.5 Å². The standard InChI is InChI=1S/C60H39NO/c1-4-15-51-42(10-1)13-7-18-53(51)45-24-22-40(23-25-45)41-26-33-48(34-27-41)61(49-35-28-46(29-36-49)54-19-8-14-43-11-2-5-16-52(43)54)50-37-30-47(31-38-50)55-20-9-21-58-59(55)57-39-32-44-12-3-6-17-56(44)60(57)62-58/h1-39H. The van der Waals surface area contributed by atoms with E-state index in [-0.39, 0.29) is 0 Å². The third-order valence-electron chi connectivity index (χ3n) is 12.5. The molecular weight excluding hydrogens is 751 g/mol. The van der Waals surface area contributed by atoms with Gasteiger partial charge in [0, 0.05) is 33.2 Å². The van der Waals surface area contributed by atoms with Crippen molar-refractivity contribution in [2.24, 2.45) is 0 Å². The Morgan fingerprint density at radius 1 is 0.258 bits per heavy atom. The fourth-order valence-electron chi connectivity index (χ4n) is 9.42. The quantitative estimate of drug-likeness (QED) is 0.160. The number of nitrogens with zero attached hydrogens (tertiary/aromatic N) is 1. The second-order valence-corrected chi connectivity index (χ2v) is 16.1. The lowest BCUT2D eigenvalue weighted by Gasteiger charge is -2.26. The van der Waals surface area contributed by atoms with Crippen LogP contribution in [-0.4, -0.2) is 0 Å². The monoisotopic (exact) mass is 789 g/mol. The van der Waals surface area contributed by atoms with E-state index in [9.17, 15) is 0 Å². The molecule has 11 aromatic carbocycles. The van der Waals surface area contributed by atoms with E-state index in [1.807, 2.05) is 0 Å². The summed E-state index contributed by atoms with van der Waals surface area (Å²) >= 11 is 0. The fraction of sp³-hybridized carbons (Fsp3) is 0. The molecule has 0 amide bonds. The predicted molar refractivity (Wildman–Crippen MR) is 263 cm³/mol. The maximum absolute atomic E-state index is 6.55. The molecule has 2 heteroatoms.